The van der Waals surface area contributed by atoms with Gasteiger partial charge in [0.15, 0.2) is 16.8 Å². The first-order valence-corrected chi connectivity index (χ1v) is 10.1. The first-order chi connectivity index (χ1) is 13.8. The summed E-state index contributed by atoms with van der Waals surface area (Å²) >= 11 is 1.15. The molecule has 0 aliphatic heterocycles. The van der Waals surface area contributed by atoms with Gasteiger partial charge in [-0.15, -0.1) is 0 Å². The fourth-order valence-corrected chi connectivity index (χ4v) is 3.82. The average Bonchev–Trinajstić information content (AvgIpc) is 2.70. The van der Waals surface area contributed by atoms with E-state index in [-0.39, 0.29) is 17.3 Å². The van der Waals surface area contributed by atoms with E-state index in [9.17, 15) is 18.4 Å². The van der Waals surface area contributed by atoms with E-state index in [1.165, 1.54) is 6.07 Å². The predicted octanol–water partition coefficient (Wildman–Crippen LogP) is 4.77. The van der Waals surface area contributed by atoms with Crippen molar-refractivity contribution < 1.29 is 13.6 Å². The van der Waals surface area contributed by atoms with E-state index in [0.29, 0.717) is 16.1 Å². The summed E-state index contributed by atoms with van der Waals surface area (Å²) in [5, 5.41) is 2.91. The Bertz CT molecular complexity index is 1120. The highest BCUT2D eigenvalue weighted by Gasteiger charge is 2.21. The third-order valence-corrected chi connectivity index (χ3v) is 5.71. The summed E-state index contributed by atoms with van der Waals surface area (Å²) in [5.41, 5.74) is 0.570. The zero-order valence-electron chi connectivity index (χ0n) is 16.3. The van der Waals surface area contributed by atoms with Crippen molar-refractivity contribution in [2.75, 3.05) is 5.32 Å². The topological polar surface area (TPSA) is 64.0 Å². The van der Waals surface area contributed by atoms with Crippen LogP contribution in [0.5, 0.6) is 0 Å². The largest absolute Gasteiger partial charge is 0.325 e. The van der Waals surface area contributed by atoms with Crippen LogP contribution in [0.2, 0.25) is 0 Å². The molecule has 1 heterocycles. The van der Waals surface area contributed by atoms with Crippen LogP contribution in [0, 0.1) is 11.6 Å². The van der Waals surface area contributed by atoms with Gasteiger partial charge in [-0.25, -0.2) is 13.8 Å². The maximum absolute atomic E-state index is 13.4. The number of thioether (sulfide) groups is 1. The van der Waals surface area contributed by atoms with Gasteiger partial charge < -0.3 is 5.32 Å². The van der Waals surface area contributed by atoms with E-state index < -0.39 is 22.8 Å². The standard InChI is InChI=1S/C21H21F2N3O2S/c1-4-12(2)26-20(28)15-7-5-6-8-18(15)25-21(26)29-13(3)19(27)24-14-9-10-16(22)17(23)11-14/h5-13H,4H2,1-3H3,(H,24,27)/t12-,13+/m0/s1. The molecule has 5 nitrogen and oxygen atoms in total. The van der Waals surface area contributed by atoms with E-state index in [4.69, 9.17) is 0 Å². The van der Waals surface area contributed by atoms with E-state index in [1.807, 2.05) is 13.8 Å². The Morgan fingerprint density at radius 2 is 1.90 bits per heavy atom. The van der Waals surface area contributed by atoms with Crippen molar-refractivity contribution in [1.29, 1.82) is 0 Å². The Hall–Kier alpha value is -2.74. The molecule has 0 radical (unpaired) electrons. The second kappa shape index (κ2) is 8.73. The molecule has 0 aliphatic carbocycles. The molecule has 0 saturated heterocycles. The quantitative estimate of drug-likeness (QED) is 0.464. The molecule has 1 amide bonds. The maximum atomic E-state index is 13.4. The van der Waals surface area contributed by atoms with Crippen LogP contribution in [0.25, 0.3) is 10.9 Å². The van der Waals surface area contributed by atoms with Crippen LogP contribution in [0.3, 0.4) is 0 Å². The number of halogens is 2. The van der Waals surface area contributed by atoms with Crippen LogP contribution in [0.1, 0.15) is 33.2 Å². The number of para-hydroxylation sites is 1. The number of anilines is 1. The Morgan fingerprint density at radius 1 is 1.17 bits per heavy atom. The minimum absolute atomic E-state index is 0.0939. The number of hydrogen-bond acceptors (Lipinski definition) is 4. The zero-order valence-corrected chi connectivity index (χ0v) is 17.1. The molecule has 2 atom stereocenters. The summed E-state index contributed by atoms with van der Waals surface area (Å²) in [7, 11) is 0. The predicted molar refractivity (Wildman–Crippen MR) is 111 cm³/mol. The van der Waals surface area contributed by atoms with Crippen LogP contribution in [-0.4, -0.2) is 20.7 Å². The molecule has 152 valence electrons. The van der Waals surface area contributed by atoms with Gasteiger partial charge in [0.1, 0.15) is 0 Å². The van der Waals surface area contributed by atoms with E-state index >= 15 is 0 Å². The van der Waals surface area contributed by atoms with Crippen LogP contribution in [0.4, 0.5) is 14.5 Å². The molecule has 1 aromatic heterocycles. The molecule has 0 unspecified atom stereocenters. The molecule has 29 heavy (non-hydrogen) atoms. The Labute approximate surface area is 171 Å². The molecule has 0 spiro atoms. The summed E-state index contributed by atoms with van der Waals surface area (Å²) in [6.07, 6.45) is 0.725. The first-order valence-electron chi connectivity index (χ1n) is 9.25. The lowest BCUT2D eigenvalue weighted by Crippen LogP contribution is -2.28. The number of amides is 1. The maximum Gasteiger partial charge on any atom is 0.262 e. The van der Waals surface area contributed by atoms with Gasteiger partial charge in [0.2, 0.25) is 5.91 Å². The van der Waals surface area contributed by atoms with Gasteiger partial charge in [-0.1, -0.05) is 30.8 Å². The Kier molecular flexibility index (Phi) is 6.32. The van der Waals surface area contributed by atoms with Crippen LogP contribution in [-0.2, 0) is 4.79 Å². The van der Waals surface area contributed by atoms with Gasteiger partial charge in [-0.3, -0.25) is 14.2 Å². The van der Waals surface area contributed by atoms with Crippen molar-refractivity contribution in [3.63, 3.8) is 0 Å². The molecular formula is C21H21F2N3O2S. The number of fused-ring (bicyclic) bond motifs is 1. The molecule has 0 aliphatic rings. The molecule has 3 aromatic rings. The molecular weight excluding hydrogens is 396 g/mol. The summed E-state index contributed by atoms with van der Waals surface area (Å²) in [6, 6.07) is 10.2. The van der Waals surface area contributed by atoms with Crippen LogP contribution < -0.4 is 10.9 Å². The Morgan fingerprint density at radius 3 is 2.59 bits per heavy atom. The van der Waals surface area contributed by atoms with E-state index in [2.05, 4.69) is 10.3 Å². The number of nitrogens with one attached hydrogen (secondary N) is 1. The molecule has 1 N–H and O–H groups in total. The minimum Gasteiger partial charge on any atom is -0.325 e. The lowest BCUT2D eigenvalue weighted by atomic mass is 10.2. The molecule has 8 heteroatoms. The first kappa shape index (κ1) is 21.0. The summed E-state index contributed by atoms with van der Waals surface area (Å²) in [6.45, 7) is 5.57. The number of nitrogens with zero attached hydrogens (tertiary/aromatic N) is 2. The number of carbonyl (C=O) groups is 1. The monoisotopic (exact) mass is 417 g/mol. The molecule has 0 fully saturated rings. The van der Waals surface area contributed by atoms with Gasteiger partial charge in [-0.05, 0) is 44.5 Å². The molecule has 3 rings (SSSR count). The third-order valence-electron chi connectivity index (χ3n) is 4.65. The normalized spacial score (nSPS) is 13.3. The van der Waals surface area contributed by atoms with Crippen molar-refractivity contribution >= 4 is 34.3 Å². The fraction of sp³-hybridized carbons (Fsp3) is 0.286. The highest BCUT2D eigenvalue weighted by Crippen LogP contribution is 2.26. The van der Waals surface area contributed by atoms with Crippen molar-refractivity contribution in [1.82, 2.24) is 9.55 Å². The lowest BCUT2D eigenvalue weighted by Gasteiger charge is -2.20. The third kappa shape index (κ3) is 4.48. The molecule has 0 bridgehead atoms. The van der Waals surface area contributed by atoms with Gasteiger partial charge in [-0.2, -0.15) is 0 Å². The second-order valence-electron chi connectivity index (χ2n) is 6.72. The average molecular weight is 417 g/mol. The van der Waals surface area contributed by atoms with Crippen molar-refractivity contribution in [3.8, 4) is 0 Å². The lowest BCUT2D eigenvalue weighted by molar-refractivity contribution is -0.115. The van der Waals surface area contributed by atoms with Crippen LogP contribution >= 0.6 is 11.8 Å². The highest BCUT2D eigenvalue weighted by molar-refractivity contribution is 8.00. The highest BCUT2D eigenvalue weighted by atomic mass is 32.2. The van der Waals surface area contributed by atoms with Gasteiger partial charge in [0.25, 0.3) is 5.56 Å². The van der Waals surface area contributed by atoms with E-state index in [1.54, 1.807) is 35.8 Å². The van der Waals surface area contributed by atoms with Crippen molar-refractivity contribution in [2.45, 2.75) is 43.6 Å². The Balaban J connectivity index is 1.90. The second-order valence-corrected chi connectivity index (χ2v) is 8.03. The number of carbonyl (C=O) groups excluding carboxylic acids is 1. The number of rotatable bonds is 6. The smallest absolute Gasteiger partial charge is 0.262 e. The summed E-state index contributed by atoms with van der Waals surface area (Å²) in [4.78, 5) is 30.1. The summed E-state index contributed by atoms with van der Waals surface area (Å²) in [5.74, 6) is -2.42. The zero-order chi connectivity index (χ0) is 21.1. The van der Waals surface area contributed by atoms with E-state index in [0.717, 1.165) is 30.3 Å². The number of hydrogen-bond donors (Lipinski definition) is 1. The van der Waals surface area contributed by atoms with Gasteiger partial charge >= 0.3 is 0 Å². The number of benzene rings is 2. The fourth-order valence-electron chi connectivity index (χ4n) is 2.81. The minimum atomic E-state index is -1.04. The SMILES string of the molecule is CC[C@H](C)n1c(S[C@H](C)C(=O)Nc2ccc(F)c(F)c2)nc2ccccc2c1=O. The van der Waals surface area contributed by atoms with Crippen LogP contribution in [0.15, 0.2) is 52.4 Å². The summed E-state index contributed by atoms with van der Waals surface area (Å²) < 4.78 is 28.0. The van der Waals surface area contributed by atoms with Gasteiger partial charge in [0, 0.05) is 17.8 Å². The van der Waals surface area contributed by atoms with Gasteiger partial charge in [0.05, 0.1) is 16.2 Å². The van der Waals surface area contributed by atoms with Crippen molar-refractivity contribution in [3.05, 3.63) is 64.5 Å². The molecule has 2 aromatic carbocycles. The number of aromatic nitrogens is 2. The molecule has 0 saturated carbocycles. The van der Waals surface area contributed by atoms with Crippen molar-refractivity contribution in [2.24, 2.45) is 0 Å².